The molecule has 2 N–H and O–H groups in total. The predicted octanol–water partition coefficient (Wildman–Crippen LogP) is 4.55. The second-order valence-electron chi connectivity index (χ2n) is 5.76. The fraction of sp³-hybridized carbons (Fsp3) is 0.300. The minimum Gasteiger partial charge on any atom is -0.490 e. The van der Waals surface area contributed by atoms with Crippen molar-refractivity contribution in [3.8, 4) is 11.5 Å². The van der Waals surface area contributed by atoms with Gasteiger partial charge in [0, 0.05) is 16.6 Å². The molecule has 0 aromatic heterocycles. The third-order valence-electron chi connectivity index (χ3n) is 3.55. The summed E-state index contributed by atoms with van der Waals surface area (Å²) in [6.45, 7) is 7.73. The highest BCUT2D eigenvalue weighted by Crippen LogP contribution is 2.33. The molecule has 0 amide bonds. The van der Waals surface area contributed by atoms with Crippen LogP contribution >= 0.6 is 28.1 Å². The lowest BCUT2D eigenvalue weighted by atomic mass is 10.1. The Morgan fingerprint density at radius 3 is 2.67 bits per heavy atom. The molecule has 0 saturated heterocycles. The van der Waals surface area contributed by atoms with Crippen molar-refractivity contribution in [2.24, 2.45) is 5.10 Å². The fourth-order valence-electron chi connectivity index (χ4n) is 2.35. The molecule has 0 aliphatic rings. The lowest BCUT2D eigenvalue weighted by Gasteiger charge is -2.14. The Labute approximate surface area is 174 Å². The summed E-state index contributed by atoms with van der Waals surface area (Å²) in [6, 6.07) is 12.0. The minimum absolute atomic E-state index is 0.472. The van der Waals surface area contributed by atoms with Crippen molar-refractivity contribution in [2.45, 2.75) is 27.4 Å². The van der Waals surface area contributed by atoms with Crippen molar-refractivity contribution in [3.63, 3.8) is 0 Å². The highest BCUT2D eigenvalue weighted by molar-refractivity contribution is 9.10. The zero-order valence-corrected chi connectivity index (χ0v) is 18.1. The van der Waals surface area contributed by atoms with Gasteiger partial charge in [0.1, 0.15) is 6.61 Å². The van der Waals surface area contributed by atoms with Crippen molar-refractivity contribution in [1.29, 1.82) is 0 Å². The number of rotatable bonds is 8. The zero-order chi connectivity index (χ0) is 19.6. The summed E-state index contributed by atoms with van der Waals surface area (Å²) in [7, 11) is 0. The molecule has 2 aromatic carbocycles. The van der Waals surface area contributed by atoms with Crippen LogP contribution in [0, 0.1) is 6.92 Å². The first kappa shape index (κ1) is 21.2. The van der Waals surface area contributed by atoms with Crippen molar-refractivity contribution < 1.29 is 9.47 Å². The highest BCUT2D eigenvalue weighted by Gasteiger charge is 2.10. The average molecular weight is 450 g/mol. The summed E-state index contributed by atoms with van der Waals surface area (Å²) in [5.41, 5.74) is 5.95. The maximum absolute atomic E-state index is 6.00. The normalized spacial score (nSPS) is 10.7. The van der Waals surface area contributed by atoms with E-state index in [2.05, 4.69) is 50.8 Å². The van der Waals surface area contributed by atoms with Crippen molar-refractivity contribution in [1.82, 2.24) is 10.7 Å². The molecule has 0 fully saturated rings. The number of ether oxygens (including phenoxy) is 2. The van der Waals surface area contributed by atoms with E-state index < -0.39 is 0 Å². The van der Waals surface area contributed by atoms with E-state index >= 15 is 0 Å². The van der Waals surface area contributed by atoms with Crippen molar-refractivity contribution in [2.75, 3.05) is 13.2 Å². The quantitative estimate of drug-likeness (QED) is 0.351. The molecule has 0 saturated carbocycles. The molecule has 5 nitrogen and oxygen atoms in total. The van der Waals surface area contributed by atoms with Crippen LogP contribution in [-0.2, 0) is 6.61 Å². The van der Waals surface area contributed by atoms with Gasteiger partial charge in [0.05, 0.1) is 12.8 Å². The summed E-state index contributed by atoms with van der Waals surface area (Å²) in [5.74, 6) is 1.35. The van der Waals surface area contributed by atoms with Gasteiger partial charge in [-0.2, -0.15) is 5.10 Å². The van der Waals surface area contributed by atoms with Gasteiger partial charge in [0.2, 0.25) is 0 Å². The molecule has 0 aliphatic carbocycles. The number of aryl methyl sites for hydroxylation is 1. The predicted molar refractivity (Wildman–Crippen MR) is 118 cm³/mol. The van der Waals surface area contributed by atoms with Crippen LogP contribution in [0.25, 0.3) is 0 Å². The van der Waals surface area contributed by atoms with Gasteiger partial charge < -0.3 is 14.8 Å². The van der Waals surface area contributed by atoms with Gasteiger partial charge in [-0.25, -0.2) is 0 Å². The van der Waals surface area contributed by atoms with Gasteiger partial charge >= 0.3 is 0 Å². The topological polar surface area (TPSA) is 54.9 Å². The van der Waals surface area contributed by atoms with Crippen molar-refractivity contribution in [3.05, 3.63) is 57.6 Å². The Balaban J connectivity index is 2.14. The molecule has 0 atom stereocenters. The molecule has 0 spiro atoms. The third kappa shape index (κ3) is 6.84. The number of benzene rings is 2. The molecular weight excluding hydrogens is 426 g/mol. The molecule has 2 aromatic rings. The van der Waals surface area contributed by atoms with Gasteiger partial charge in [0.15, 0.2) is 16.6 Å². The van der Waals surface area contributed by atoms with Gasteiger partial charge in [-0.1, -0.05) is 29.8 Å². The Kier molecular flexibility index (Phi) is 8.54. The number of thiocarbonyl (C=S) groups is 1. The molecule has 0 unspecified atom stereocenters. The first-order chi connectivity index (χ1) is 13.0. The summed E-state index contributed by atoms with van der Waals surface area (Å²) >= 11 is 8.65. The Bertz CT molecular complexity index is 812. The summed E-state index contributed by atoms with van der Waals surface area (Å²) in [6.07, 6.45) is 1.68. The second-order valence-corrected chi connectivity index (χ2v) is 7.02. The smallest absolute Gasteiger partial charge is 0.186 e. The van der Waals surface area contributed by atoms with Gasteiger partial charge in [-0.3, -0.25) is 5.43 Å². The number of nitrogens with zero attached hydrogens (tertiary/aromatic N) is 1. The van der Waals surface area contributed by atoms with Gasteiger partial charge in [0.25, 0.3) is 0 Å². The van der Waals surface area contributed by atoms with Gasteiger partial charge in [-0.15, -0.1) is 0 Å². The molecule has 0 radical (unpaired) electrons. The number of hydrogen-bond donors (Lipinski definition) is 2. The van der Waals surface area contributed by atoms with Crippen LogP contribution in [0.1, 0.15) is 30.5 Å². The number of halogens is 1. The van der Waals surface area contributed by atoms with Crippen LogP contribution in [0.5, 0.6) is 11.5 Å². The monoisotopic (exact) mass is 449 g/mol. The SMILES string of the molecule is CCNC(=S)NN=Cc1cc(OCC)c(OCc2cccc(C)c2)cc1Br. The number of nitrogens with one attached hydrogen (secondary N) is 2. The van der Waals surface area contributed by atoms with E-state index in [4.69, 9.17) is 21.7 Å². The van der Waals surface area contributed by atoms with E-state index in [0.29, 0.717) is 29.8 Å². The number of hydrogen-bond acceptors (Lipinski definition) is 4. The molecule has 144 valence electrons. The second kappa shape index (κ2) is 10.9. The molecule has 0 aliphatic heterocycles. The van der Waals surface area contributed by atoms with Crippen LogP contribution < -0.4 is 20.2 Å². The van der Waals surface area contributed by atoms with E-state index in [1.165, 1.54) is 5.56 Å². The van der Waals surface area contributed by atoms with Crippen LogP contribution in [0.2, 0.25) is 0 Å². The third-order valence-corrected chi connectivity index (χ3v) is 4.47. The van der Waals surface area contributed by atoms with E-state index in [1.807, 2.05) is 38.1 Å². The van der Waals surface area contributed by atoms with Gasteiger partial charge in [-0.05, 0) is 66.6 Å². The van der Waals surface area contributed by atoms with Crippen LogP contribution in [0.4, 0.5) is 0 Å². The van der Waals surface area contributed by atoms with E-state index in [0.717, 1.165) is 22.1 Å². The van der Waals surface area contributed by atoms with Crippen LogP contribution in [0.15, 0.2) is 46.0 Å². The molecule has 27 heavy (non-hydrogen) atoms. The molecule has 7 heteroatoms. The fourth-order valence-corrected chi connectivity index (χ4v) is 2.98. The summed E-state index contributed by atoms with van der Waals surface area (Å²) in [5, 5.41) is 7.60. The summed E-state index contributed by atoms with van der Waals surface area (Å²) in [4.78, 5) is 0. The van der Waals surface area contributed by atoms with E-state index in [-0.39, 0.29) is 0 Å². The maximum atomic E-state index is 6.00. The summed E-state index contributed by atoms with van der Waals surface area (Å²) < 4.78 is 12.6. The highest BCUT2D eigenvalue weighted by atomic mass is 79.9. The van der Waals surface area contributed by atoms with Crippen molar-refractivity contribution >= 4 is 39.5 Å². The zero-order valence-electron chi connectivity index (χ0n) is 15.7. The standard InChI is InChI=1S/C20H24BrN3O2S/c1-4-22-20(27)24-23-12-16-10-18(25-5-2)19(11-17(16)21)26-13-15-8-6-7-14(3)9-15/h6-12H,4-5,13H2,1-3H3,(H2,22,24,27). The lowest BCUT2D eigenvalue weighted by Crippen LogP contribution is -2.31. The molecular formula is C20H24BrN3O2S. The Hall–Kier alpha value is -2.12. The first-order valence-corrected chi connectivity index (χ1v) is 9.95. The van der Waals surface area contributed by atoms with Crippen LogP contribution in [-0.4, -0.2) is 24.5 Å². The number of hydrazone groups is 1. The van der Waals surface area contributed by atoms with Crippen LogP contribution in [0.3, 0.4) is 0 Å². The maximum Gasteiger partial charge on any atom is 0.186 e. The lowest BCUT2D eigenvalue weighted by molar-refractivity contribution is 0.269. The molecule has 2 rings (SSSR count). The average Bonchev–Trinajstić information content (AvgIpc) is 2.63. The minimum atomic E-state index is 0.472. The Morgan fingerprint density at radius 2 is 1.96 bits per heavy atom. The largest absolute Gasteiger partial charge is 0.490 e. The first-order valence-electron chi connectivity index (χ1n) is 8.75. The Morgan fingerprint density at radius 1 is 1.19 bits per heavy atom. The van der Waals surface area contributed by atoms with E-state index in [9.17, 15) is 0 Å². The van der Waals surface area contributed by atoms with E-state index in [1.54, 1.807) is 6.21 Å². The molecule has 0 bridgehead atoms. The molecule has 0 heterocycles.